The summed E-state index contributed by atoms with van der Waals surface area (Å²) in [7, 11) is 4.04. The Labute approximate surface area is 160 Å². The Morgan fingerprint density at radius 1 is 1.15 bits per heavy atom. The Morgan fingerprint density at radius 2 is 1.96 bits per heavy atom. The van der Waals surface area contributed by atoms with Gasteiger partial charge in [0.05, 0.1) is 20.1 Å². The van der Waals surface area contributed by atoms with E-state index in [1.807, 2.05) is 32.3 Å². The first-order valence-electron chi connectivity index (χ1n) is 9.66. The Bertz CT molecular complexity index is 834. The number of amides is 1. The van der Waals surface area contributed by atoms with E-state index in [1.165, 1.54) is 11.1 Å². The van der Waals surface area contributed by atoms with Gasteiger partial charge in [-0.05, 0) is 48.1 Å². The lowest BCUT2D eigenvalue weighted by Gasteiger charge is -2.36. The maximum Gasteiger partial charge on any atom is 0.278 e. The number of fused-ring (bicyclic) bond motifs is 2. The number of hydrogen-bond donors (Lipinski definition) is 1. The quantitative estimate of drug-likeness (QED) is 0.879. The average molecular weight is 367 g/mol. The van der Waals surface area contributed by atoms with Gasteiger partial charge in [-0.3, -0.25) is 4.79 Å². The Morgan fingerprint density at radius 3 is 2.81 bits per heavy atom. The first-order valence-corrected chi connectivity index (χ1v) is 9.66. The van der Waals surface area contributed by atoms with E-state index in [4.69, 9.17) is 9.47 Å². The van der Waals surface area contributed by atoms with Gasteiger partial charge >= 0.3 is 0 Å². The van der Waals surface area contributed by atoms with Crippen LogP contribution in [0.15, 0.2) is 42.5 Å². The molecule has 142 valence electrons. The minimum atomic E-state index is 0.132. The number of ether oxygens (including phenoxy) is 2. The van der Waals surface area contributed by atoms with E-state index in [0.29, 0.717) is 13.1 Å². The van der Waals surface area contributed by atoms with E-state index in [9.17, 15) is 4.79 Å². The molecule has 1 N–H and O–H groups in total. The summed E-state index contributed by atoms with van der Waals surface area (Å²) in [6.07, 6.45) is 3.22. The number of rotatable bonds is 5. The largest absolute Gasteiger partial charge is 0.454 e. The molecular weight excluding hydrogens is 340 g/mol. The van der Waals surface area contributed by atoms with Crippen LogP contribution in [0, 0.1) is 0 Å². The van der Waals surface area contributed by atoms with Gasteiger partial charge in [0.1, 0.15) is 0 Å². The molecule has 1 atom stereocenters. The predicted octanol–water partition coefficient (Wildman–Crippen LogP) is 1.97. The number of quaternary nitrogens is 1. The zero-order valence-electron chi connectivity index (χ0n) is 16.0. The average Bonchev–Trinajstić information content (AvgIpc) is 3.13. The third-order valence-electron chi connectivity index (χ3n) is 5.33. The summed E-state index contributed by atoms with van der Waals surface area (Å²) in [5.74, 6) is 1.73. The van der Waals surface area contributed by atoms with Crippen LogP contribution in [0.3, 0.4) is 0 Å². The number of carbonyl (C=O) groups excluding carboxylic acids is 1. The molecule has 1 aliphatic heterocycles. The topological polar surface area (TPSA) is 43.2 Å². The molecule has 2 aromatic rings. The molecule has 1 amide bonds. The SMILES string of the molecule is C[NH+](C)CC(=O)N(Cc1ccc2c(c1)OCO2)[C@H]1CCCc2ccccc21. The first-order chi connectivity index (χ1) is 13.1. The van der Waals surface area contributed by atoms with Crippen LogP contribution in [0.4, 0.5) is 0 Å². The summed E-state index contributed by atoms with van der Waals surface area (Å²) in [5, 5.41) is 0. The van der Waals surface area contributed by atoms with Crippen LogP contribution in [0.1, 0.15) is 35.6 Å². The summed E-state index contributed by atoms with van der Waals surface area (Å²) in [4.78, 5) is 16.3. The highest BCUT2D eigenvalue weighted by atomic mass is 16.7. The number of carbonyl (C=O) groups is 1. The van der Waals surface area contributed by atoms with Crippen molar-refractivity contribution in [1.29, 1.82) is 0 Å². The Balaban J connectivity index is 1.65. The smallest absolute Gasteiger partial charge is 0.278 e. The second kappa shape index (κ2) is 7.61. The van der Waals surface area contributed by atoms with Gasteiger partial charge in [-0.1, -0.05) is 30.3 Å². The zero-order chi connectivity index (χ0) is 18.8. The van der Waals surface area contributed by atoms with Gasteiger partial charge in [0, 0.05) is 6.54 Å². The van der Waals surface area contributed by atoms with Crippen LogP contribution < -0.4 is 14.4 Å². The number of likely N-dealkylation sites (N-methyl/N-ethyl adjacent to an activating group) is 1. The summed E-state index contributed by atoms with van der Waals surface area (Å²) in [6.45, 7) is 1.34. The molecule has 0 saturated carbocycles. The number of nitrogens with one attached hydrogen (secondary N) is 1. The molecule has 4 rings (SSSR count). The van der Waals surface area contributed by atoms with Gasteiger partial charge in [0.2, 0.25) is 6.79 Å². The third kappa shape index (κ3) is 3.78. The van der Waals surface area contributed by atoms with Crippen LogP contribution in [-0.2, 0) is 17.8 Å². The minimum absolute atomic E-state index is 0.132. The normalized spacial score (nSPS) is 17.7. The van der Waals surface area contributed by atoms with Crippen LogP contribution in [0.2, 0.25) is 0 Å². The lowest BCUT2D eigenvalue weighted by atomic mass is 9.86. The van der Waals surface area contributed by atoms with E-state index in [0.717, 1.165) is 41.2 Å². The third-order valence-corrected chi connectivity index (χ3v) is 5.33. The molecule has 0 bridgehead atoms. The van der Waals surface area contributed by atoms with Crippen molar-refractivity contribution in [3.63, 3.8) is 0 Å². The minimum Gasteiger partial charge on any atom is -0.454 e. The molecule has 5 nitrogen and oxygen atoms in total. The second-order valence-electron chi connectivity index (χ2n) is 7.70. The molecule has 0 unspecified atom stereocenters. The van der Waals surface area contributed by atoms with E-state index in [-0.39, 0.29) is 18.7 Å². The molecule has 0 radical (unpaired) electrons. The van der Waals surface area contributed by atoms with Crippen molar-refractivity contribution >= 4 is 5.91 Å². The summed E-state index contributed by atoms with van der Waals surface area (Å²) < 4.78 is 10.9. The molecular formula is C22H27N2O3+. The van der Waals surface area contributed by atoms with Crippen molar-refractivity contribution in [2.24, 2.45) is 0 Å². The molecule has 1 heterocycles. The first kappa shape index (κ1) is 17.9. The van der Waals surface area contributed by atoms with E-state index >= 15 is 0 Å². The van der Waals surface area contributed by atoms with Crippen molar-refractivity contribution in [2.45, 2.75) is 31.8 Å². The highest BCUT2D eigenvalue weighted by molar-refractivity contribution is 5.78. The van der Waals surface area contributed by atoms with E-state index in [1.54, 1.807) is 0 Å². The summed E-state index contributed by atoms with van der Waals surface area (Å²) in [6, 6.07) is 14.7. The van der Waals surface area contributed by atoms with Gasteiger partial charge in [0.15, 0.2) is 18.0 Å². The van der Waals surface area contributed by atoms with Crippen molar-refractivity contribution in [2.75, 3.05) is 27.4 Å². The second-order valence-corrected chi connectivity index (χ2v) is 7.70. The number of nitrogens with zero attached hydrogens (tertiary/aromatic N) is 1. The lowest BCUT2D eigenvalue weighted by molar-refractivity contribution is -0.849. The van der Waals surface area contributed by atoms with Gasteiger partial charge in [-0.25, -0.2) is 0 Å². The molecule has 27 heavy (non-hydrogen) atoms. The van der Waals surface area contributed by atoms with E-state index < -0.39 is 0 Å². The highest BCUT2D eigenvalue weighted by Gasteiger charge is 2.30. The standard InChI is InChI=1S/C22H26N2O3/c1-23(2)14-22(25)24(13-16-10-11-20-21(12-16)27-15-26-20)19-9-5-7-17-6-3-4-8-18(17)19/h3-4,6,8,10-12,19H,5,7,9,13-15H2,1-2H3/p+1/t19-/m0/s1. The molecule has 1 aliphatic carbocycles. The van der Waals surface area contributed by atoms with Crippen LogP contribution in [0.25, 0.3) is 0 Å². The molecule has 0 fully saturated rings. The maximum atomic E-state index is 13.1. The Kier molecular flexibility index (Phi) is 5.03. The number of aryl methyl sites for hydroxylation is 1. The maximum absolute atomic E-state index is 13.1. The van der Waals surface area contributed by atoms with Crippen molar-refractivity contribution in [1.82, 2.24) is 4.90 Å². The fourth-order valence-electron chi connectivity index (χ4n) is 4.06. The van der Waals surface area contributed by atoms with E-state index in [2.05, 4.69) is 29.2 Å². The van der Waals surface area contributed by atoms with Gasteiger partial charge < -0.3 is 19.3 Å². The molecule has 2 aliphatic rings. The fourth-order valence-corrected chi connectivity index (χ4v) is 4.06. The van der Waals surface area contributed by atoms with Gasteiger partial charge in [-0.2, -0.15) is 0 Å². The monoisotopic (exact) mass is 367 g/mol. The zero-order valence-corrected chi connectivity index (χ0v) is 16.0. The lowest BCUT2D eigenvalue weighted by Crippen LogP contribution is -3.07. The Hall–Kier alpha value is -2.53. The molecule has 0 spiro atoms. The number of benzene rings is 2. The van der Waals surface area contributed by atoms with Crippen LogP contribution >= 0.6 is 0 Å². The highest BCUT2D eigenvalue weighted by Crippen LogP contribution is 2.37. The van der Waals surface area contributed by atoms with Crippen LogP contribution in [0.5, 0.6) is 11.5 Å². The van der Waals surface area contributed by atoms with Crippen LogP contribution in [-0.4, -0.2) is 38.2 Å². The summed E-state index contributed by atoms with van der Waals surface area (Å²) >= 11 is 0. The predicted molar refractivity (Wildman–Crippen MR) is 103 cm³/mol. The van der Waals surface area contributed by atoms with Crippen molar-refractivity contribution < 1.29 is 19.2 Å². The molecule has 0 saturated heterocycles. The summed E-state index contributed by atoms with van der Waals surface area (Å²) in [5.41, 5.74) is 3.74. The molecule has 5 heteroatoms. The number of hydrogen-bond acceptors (Lipinski definition) is 3. The van der Waals surface area contributed by atoms with Crippen molar-refractivity contribution in [3.05, 3.63) is 59.2 Å². The fraction of sp³-hybridized carbons (Fsp3) is 0.409. The molecule has 2 aromatic carbocycles. The van der Waals surface area contributed by atoms with Gasteiger partial charge in [-0.15, -0.1) is 0 Å². The van der Waals surface area contributed by atoms with Gasteiger partial charge in [0.25, 0.3) is 5.91 Å². The van der Waals surface area contributed by atoms with Crippen molar-refractivity contribution in [3.8, 4) is 11.5 Å². The molecule has 0 aromatic heterocycles.